The Morgan fingerprint density at radius 2 is 1.52 bits per heavy atom. The molecule has 0 saturated carbocycles. The van der Waals surface area contributed by atoms with Crippen molar-refractivity contribution < 1.29 is 19.2 Å². The molecule has 5 rings (SSSR count). The van der Waals surface area contributed by atoms with E-state index in [1.54, 1.807) is 25.3 Å². The standard InChI is InChI=1S/C33H26N4O5/c1-2-42-33(39)25-16-18-28(19-17-25)36-30(23-10-5-3-6-11-23)21-27(31(36)24-12-7-4-8-13-24)22-34-35-32(38)26-14-9-15-29(20-26)37(40)41/h3-22H,2H2,1H3,(H,35,38)/b34-22-. The van der Waals surface area contributed by atoms with E-state index in [1.807, 2.05) is 78.9 Å². The molecule has 208 valence electrons. The normalized spacial score (nSPS) is 10.9. The summed E-state index contributed by atoms with van der Waals surface area (Å²) in [4.78, 5) is 35.6. The van der Waals surface area contributed by atoms with Crippen LogP contribution < -0.4 is 5.43 Å². The number of esters is 1. The maximum absolute atomic E-state index is 12.7. The number of carbonyl (C=O) groups excluding carboxylic acids is 2. The van der Waals surface area contributed by atoms with Crippen LogP contribution in [0.2, 0.25) is 0 Å². The molecule has 5 aromatic rings. The van der Waals surface area contributed by atoms with Crippen LogP contribution in [0.15, 0.2) is 120 Å². The third-order valence-electron chi connectivity index (χ3n) is 6.47. The van der Waals surface area contributed by atoms with Gasteiger partial charge in [-0.1, -0.05) is 66.7 Å². The Kier molecular flexibility index (Phi) is 8.29. The maximum atomic E-state index is 12.7. The number of hydrazone groups is 1. The second-order valence-corrected chi connectivity index (χ2v) is 9.17. The summed E-state index contributed by atoms with van der Waals surface area (Å²) in [6, 6.07) is 34.2. The van der Waals surface area contributed by atoms with Gasteiger partial charge in [0, 0.05) is 28.9 Å². The average Bonchev–Trinajstić information content (AvgIpc) is 3.41. The highest BCUT2D eigenvalue weighted by Gasteiger charge is 2.19. The molecule has 4 aromatic carbocycles. The second kappa shape index (κ2) is 12.6. The first-order valence-corrected chi connectivity index (χ1v) is 13.2. The molecule has 1 heterocycles. The number of aromatic nitrogens is 1. The third kappa shape index (κ3) is 6.00. The Morgan fingerprint density at radius 1 is 0.857 bits per heavy atom. The largest absolute Gasteiger partial charge is 0.462 e. The molecule has 0 unspecified atom stereocenters. The molecular weight excluding hydrogens is 532 g/mol. The second-order valence-electron chi connectivity index (χ2n) is 9.17. The van der Waals surface area contributed by atoms with Gasteiger partial charge >= 0.3 is 5.97 Å². The van der Waals surface area contributed by atoms with Crippen molar-refractivity contribution >= 4 is 23.8 Å². The number of amides is 1. The fourth-order valence-corrected chi connectivity index (χ4v) is 4.56. The van der Waals surface area contributed by atoms with E-state index in [2.05, 4.69) is 15.1 Å². The SMILES string of the molecule is CCOC(=O)c1ccc(-n2c(-c3ccccc3)cc(/C=N\NC(=O)c3cccc([N+](=O)[O-])c3)c2-c2ccccc2)cc1. The lowest BCUT2D eigenvalue weighted by molar-refractivity contribution is -0.384. The summed E-state index contributed by atoms with van der Waals surface area (Å²) in [5.74, 6) is -0.969. The molecule has 42 heavy (non-hydrogen) atoms. The minimum Gasteiger partial charge on any atom is -0.462 e. The van der Waals surface area contributed by atoms with Crippen LogP contribution in [0.1, 0.15) is 33.2 Å². The van der Waals surface area contributed by atoms with Crippen LogP contribution in [0.25, 0.3) is 28.2 Å². The summed E-state index contributed by atoms with van der Waals surface area (Å²) in [5.41, 5.74) is 7.91. The van der Waals surface area contributed by atoms with Gasteiger partial charge in [-0.3, -0.25) is 14.9 Å². The van der Waals surface area contributed by atoms with Crippen LogP contribution in [-0.4, -0.2) is 34.2 Å². The highest BCUT2D eigenvalue weighted by molar-refractivity contribution is 5.97. The molecule has 0 aliphatic rings. The van der Waals surface area contributed by atoms with Crippen molar-refractivity contribution in [1.82, 2.24) is 9.99 Å². The number of rotatable bonds is 9. The number of ether oxygens (including phenoxy) is 1. The molecule has 0 fully saturated rings. The Morgan fingerprint density at radius 3 is 2.17 bits per heavy atom. The fraction of sp³-hybridized carbons (Fsp3) is 0.0606. The van der Waals surface area contributed by atoms with Crippen LogP contribution in [-0.2, 0) is 4.74 Å². The molecule has 0 saturated heterocycles. The van der Waals surface area contributed by atoms with Crippen molar-refractivity contribution in [2.75, 3.05) is 6.61 Å². The van der Waals surface area contributed by atoms with Crippen molar-refractivity contribution in [2.45, 2.75) is 6.92 Å². The summed E-state index contributed by atoms with van der Waals surface area (Å²) < 4.78 is 7.22. The molecule has 0 atom stereocenters. The lowest BCUT2D eigenvalue weighted by atomic mass is 10.1. The van der Waals surface area contributed by atoms with Gasteiger partial charge in [0.05, 0.1) is 34.7 Å². The van der Waals surface area contributed by atoms with E-state index in [1.165, 1.54) is 24.3 Å². The highest BCUT2D eigenvalue weighted by atomic mass is 16.6. The number of non-ortho nitro benzene ring substituents is 1. The van der Waals surface area contributed by atoms with E-state index in [-0.39, 0.29) is 17.9 Å². The van der Waals surface area contributed by atoms with Crippen LogP contribution >= 0.6 is 0 Å². The van der Waals surface area contributed by atoms with Gasteiger partial charge < -0.3 is 9.30 Å². The number of nitrogens with one attached hydrogen (secondary N) is 1. The van der Waals surface area contributed by atoms with Crippen molar-refractivity contribution in [2.24, 2.45) is 5.10 Å². The first-order chi connectivity index (χ1) is 20.5. The van der Waals surface area contributed by atoms with Gasteiger partial charge in [-0.25, -0.2) is 10.2 Å². The lowest BCUT2D eigenvalue weighted by Crippen LogP contribution is -2.17. The van der Waals surface area contributed by atoms with Gasteiger partial charge in [-0.15, -0.1) is 0 Å². The number of carbonyl (C=O) groups is 2. The van der Waals surface area contributed by atoms with Crippen molar-refractivity contribution in [3.63, 3.8) is 0 Å². The van der Waals surface area contributed by atoms with Crippen LogP contribution in [0, 0.1) is 10.1 Å². The molecule has 1 N–H and O–H groups in total. The van der Waals surface area contributed by atoms with E-state index in [9.17, 15) is 19.7 Å². The van der Waals surface area contributed by atoms with Crippen molar-refractivity contribution in [1.29, 1.82) is 0 Å². The zero-order valence-electron chi connectivity index (χ0n) is 22.6. The quantitative estimate of drug-likeness (QED) is 0.0940. The zero-order chi connectivity index (χ0) is 29.5. The monoisotopic (exact) mass is 558 g/mol. The van der Waals surface area contributed by atoms with Crippen LogP contribution in [0.5, 0.6) is 0 Å². The van der Waals surface area contributed by atoms with Gasteiger partial charge in [-0.2, -0.15) is 5.10 Å². The Balaban J connectivity index is 1.60. The molecular formula is C33H26N4O5. The van der Waals surface area contributed by atoms with Gasteiger partial charge in [0.25, 0.3) is 11.6 Å². The summed E-state index contributed by atoms with van der Waals surface area (Å²) in [5, 5.41) is 15.3. The number of benzene rings is 4. The molecule has 0 aliphatic carbocycles. The molecule has 1 amide bonds. The van der Waals surface area contributed by atoms with E-state index in [0.717, 1.165) is 28.2 Å². The van der Waals surface area contributed by atoms with Crippen LogP contribution in [0.3, 0.4) is 0 Å². The Labute approximate surface area is 241 Å². The number of nitro benzene ring substituents is 1. The first-order valence-electron chi connectivity index (χ1n) is 13.2. The fourth-order valence-electron chi connectivity index (χ4n) is 4.56. The molecule has 1 aromatic heterocycles. The van der Waals surface area contributed by atoms with Gasteiger partial charge in [0.2, 0.25) is 0 Å². The molecule has 9 heteroatoms. The van der Waals surface area contributed by atoms with Crippen molar-refractivity contribution in [3.8, 4) is 28.2 Å². The van der Waals surface area contributed by atoms with Gasteiger partial charge in [0.1, 0.15) is 0 Å². The summed E-state index contributed by atoms with van der Waals surface area (Å²) in [7, 11) is 0. The third-order valence-corrected chi connectivity index (χ3v) is 6.47. The van der Waals surface area contributed by atoms with E-state index >= 15 is 0 Å². The topological polar surface area (TPSA) is 116 Å². The molecule has 9 nitrogen and oxygen atoms in total. The predicted octanol–water partition coefficient (Wildman–Crippen LogP) is 6.66. The van der Waals surface area contributed by atoms with Crippen molar-refractivity contribution in [3.05, 3.63) is 142 Å². The maximum Gasteiger partial charge on any atom is 0.338 e. The predicted molar refractivity (Wildman–Crippen MR) is 161 cm³/mol. The molecule has 0 radical (unpaired) electrons. The van der Waals surface area contributed by atoms with E-state index in [0.29, 0.717) is 11.1 Å². The summed E-state index contributed by atoms with van der Waals surface area (Å²) >= 11 is 0. The number of nitro groups is 1. The van der Waals surface area contributed by atoms with E-state index < -0.39 is 16.8 Å². The molecule has 0 aliphatic heterocycles. The Hall–Kier alpha value is -5.83. The Bertz CT molecular complexity index is 1760. The average molecular weight is 559 g/mol. The zero-order valence-corrected chi connectivity index (χ0v) is 22.6. The summed E-state index contributed by atoms with van der Waals surface area (Å²) in [6.07, 6.45) is 1.55. The summed E-state index contributed by atoms with van der Waals surface area (Å²) in [6.45, 7) is 2.05. The lowest BCUT2D eigenvalue weighted by Gasteiger charge is -2.15. The number of nitrogens with zero attached hydrogens (tertiary/aromatic N) is 3. The van der Waals surface area contributed by atoms with Gasteiger partial charge in [-0.05, 0) is 54.4 Å². The van der Waals surface area contributed by atoms with Crippen LogP contribution in [0.4, 0.5) is 5.69 Å². The number of hydrogen-bond acceptors (Lipinski definition) is 6. The molecule has 0 bridgehead atoms. The first kappa shape index (κ1) is 27.7. The van der Waals surface area contributed by atoms with Gasteiger partial charge in [0.15, 0.2) is 0 Å². The van der Waals surface area contributed by atoms with E-state index in [4.69, 9.17) is 4.74 Å². The molecule has 0 spiro atoms. The number of hydrogen-bond donors (Lipinski definition) is 1. The smallest absolute Gasteiger partial charge is 0.338 e. The highest BCUT2D eigenvalue weighted by Crippen LogP contribution is 2.35. The minimum atomic E-state index is -0.575. The minimum absolute atomic E-state index is 0.119.